The minimum atomic E-state index is 0. The SMILES string of the molecule is [CH2-]/C=C(\C)CC/C=C(\C)CCCCOC(C)(C)C.[Li+]. The second-order valence-corrected chi connectivity index (χ2v) is 6.06. The van der Waals surface area contributed by atoms with Crippen LogP contribution in [0.3, 0.4) is 0 Å². The third kappa shape index (κ3) is 15.9. The van der Waals surface area contributed by atoms with Gasteiger partial charge in [0.15, 0.2) is 0 Å². The van der Waals surface area contributed by atoms with Gasteiger partial charge >= 0.3 is 18.9 Å². The molecular formula is C17H31LiO. The van der Waals surface area contributed by atoms with Crippen molar-refractivity contribution in [2.75, 3.05) is 6.61 Å². The summed E-state index contributed by atoms with van der Waals surface area (Å²) < 4.78 is 5.70. The molecule has 19 heavy (non-hydrogen) atoms. The van der Waals surface area contributed by atoms with E-state index in [2.05, 4.69) is 47.6 Å². The van der Waals surface area contributed by atoms with Gasteiger partial charge in [-0.3, -0.25) is 0 Å². The summed E-state index contributed by atoms with van der Waals surface area (Å²) >= 11 is 0. The van der Waals surface area contributed by atoms with Gasteiger partial charge in [-0.2, -0.15) is 0 Å². The van der Waals surface area contributed by atoms with Crippen LogP contribution in [-0.2, 0) is 4.74 Å². The molecule has 1 nitrogen and oxygen atoms in total. The van der Waals surface area contributed by atoms with Gasteiger partial charge in [0.25, 0.3) is 0 Å². The molecule has 0 aliphatic carbocycles. The molecule has 0 aromatic rings. The molecule has 0 aliphatic rings. The van der Waals surface area contributed by atoms with Crippen LogP contribution in [0.15, 0.2) is 23.3 Å². The topological polar surface area (TPSA) is 9.23 Å². The maximum Gasteiger partial charge on any atom is 1.00 e. The van der Waals surface area contributed by atoms with Crippen molar-refractivity contribution < 1.29 is 23.6 Å². The Bertz CT molecular complexity index is 271. The van der Waals surface area contributed by atoms with E-state index in [0.29, 0.717) is 0 Å². The van der Waals surface area contributed by atoms with Gasteiger partial charge in [-0.25, -0.2) is 18.6 Å². The molecule has 0 atom stereocenters. The summed E-state index contributed by atoms with van der Waals surface area (Å²) in [6, 6.07) is 0. The molecule has 2 heteroatoms. The zero-order valence-corrected chi connectivity index (χ0v) is 14.0. The Hall–Kier alpha value is -0.0926. The summed E-state index contributed by atoms with van der Waals surface area (Å²) in [4.78, 5) is 0. The Morgan fingerprint density at radius 2 is 1.68 bits per heavy atom. The Morgan fingerprint density at radius 3 is 2.21 bits per heavy atom. The molecule has 0 aliphatic heterocycles. The van der Waals surface area contributed by atoms with Gasteiger partial charge in [-0.15, -0.1) is 6.92 Å². The number of hydrogen-bond acceptors (Lipinski definition) is 1. The minimum Gasteiger partial charge on any atom is -0.376 e. The molecule has 0 aromatic carbocycles. The molecule has 0 spiro atoms. The molecule has 106 valence electrons. The quantitative estimate of drug-likeness (QED) is 0.281. The van der Waals surface area contributed by atoms with E-state index in [1.165, 1.54) is 24.0 Å². The van der Waals surface area contributed by atoms with Gasteiger partial charge in [0.05, 0.1) is 5.60 Å². The van der Waals surface area contributed by atoms with Crippen LogP contribution >= 0.6 is 0 Å². The van der Waals surface area contributed by atoms with Crippen molar-refractivity contribution >= 4 is 0 Å². The van der Waals surface area contributed by atoms with Crippen molar-refractivity contribution in [3.63, 3.8) is 0 Å². The van der Waals surface area contributed by atoms with Crippen LogP contribution in [0.25, 0.3) is 0 Å². The van der Waals surface area contributed by atoms with Crippen molar-refractivity contribution in [2.45, 2.75) is 72.3 Å². The summed E-state index contributed by atoms with van der Waals surface area (Å²) in [5.41, 5.74) is 2.88. The fourth-order valence-corrected chi connectivity index (χ4v) is 1.63. The van der Waals surface area contributed by atoms with Gasteiger partial charge in [0.2, 0.25) is 0 Å². The second-order valence-electron chi connectivity index (χ2n) is 6.06. The van der Waals surface area contributed by atoms with E-state index < -0.39 is 0 Å². The maximum atomic E-state index is 5.70. The molecule has 0 N–H and O–H groups in total. The predicted molar refractivity (Wildman–Crippen MR) is 81.7 cm³/mol. The van der Waals surface area contributed by atoms with Crippen molar-refractivity contribution in [1.29, 1.82) is 0 Å². The van der Waals surface area contributed by atoms with Crippen LogP contribution in [0.2, 0.25) is 0 Å². The largest absolute Gasteiger partial charge is 1.00 e. The van der Waals surface area contributed by atoms with E-state index in [1.807, 2.05) is 6.08 Å². The van der Waals surface area contributed by atoms with Crippen molar-refractivity contribution in [3.05, 3.63) is 30.2 Å². The first-order chi connectivity index (χ1) is 8.35. The van der Waals surface area contributed by atoms with Crippen LogP contribution in [0.5, 0.6) is 0 Å². The molecule has 0 amide bonds. The Balaban J connectivity index is 0. The fourth-order valence-electron chi connectivity index (χ4n) is 1.63. The van der Waals surface area contributed by atoms with Crippen molar-refractivity contribution in [3.8, 4) is 0 Å². The molecule has 0 saturated heterocycles. The smallest absolute Gasteiger partial charge is 0.376 e. The van der Waals surface area contributed by atoms with E-state index in [9.17, 15) is 0 Å². The zero-order valence-electron chi connectivity index (χ0n) is 14.0. The standard InChI is InChI=1S/C17H31O.Li/c1-7-15(2)12-10-13-16(3)11-8-9-14-18-17(4,5)6;/h7,13H,1,8-12,14H2,2-6H3;/q-1;+1/b15-7+,16-13+;. The van der Waals surface area contributed by atoms with E-state index in [1.54, 1.807) is 0 Å². The van der Waals surface area contributed by atoms with E-state index in [-0.39, 0.29) is 24.5 Å². The zero-order chi connectivity index (χ0) is 14.0. The average molecular weight is 258 g/mol. The molecule has 0 heterocycles. The maximum absolute atomic E-state index is 5.70. The van der Waals surface area contributed by atoms with Gasteiger partial charge in [0, 0.05) is 6.61 Å². The second kappa shape index (κ2) is 11.7. The Kier molecular flexibility index (Phi) is 13.1. The molecule has 0 fully saturated rings. The Morgan fingerprint density at radius 1 is 1.05 bits per heavy atom. The molecule has 0 unspecified atom stereocenters. The molecule has 0 rings (SSSR count). The van der Waals surface area contributed by atoms with Crippen molar-refractivity contribution in [1.82, 2.24) is 0 Å². The van der Waals surface area contributed by atoms with E-state index >= 15 is 0 Å². The third-order valence-electron chi connectivity index (χ3n) is 2.88. The number of unbranched alkanes of at least 4 members (excludes halogenated alkanes) is 1. The summed E-state index contributed by atoms with van der Waals surface area (Å²) in [6.07, 6.45) is 10.2. The molecule has 0 aromatic heterocycles. The monoisotopic (exact) mass is 258 g/mol. The van der Waals surface area contributed by atoms with Gasteiger partial charge in [0.1, 0.15) is 0 Å². The average Bonchev–Trinajstić information content (AvgIpc) is 2.26. The summed E-state index contributed by atoms with van der Waals surface area (Å²) in [5, 5.41) is 0. The van der Waals surface area contributed by atoms with Crippen LogP contribution in [0.1, 0.15) is 66.7 Å². The summed E-state index contributed by atoms with van der Waals surface area (Å²) in [6.45, 7) is 15.3. The normalized spacial score (nSPS) is 13.3. The molecule has 0 radical (unpaired) electrons. The first-order valence-corrected chi connectivity index (χ1v) is 7.09. The summed E-state index contributed by atoms with van der Waals surface area (Å²) in [5.74, 6) is 0. The number of hydrogen-bond donors (Lipinski definition) is 0. The first kappa shape index (κ1) is 21.2. The number of allylic oxidation sites excluding steroid dienone is 4. The Labute approximate surface area is 133 Å². The van der Waals surface area contributed by atoms with E-state index in [4.69, 9.17) is 4.74 Å². The third-order valence-corrected chi connectivity index (χ3v) is 2.88. The van der Waals surface area contributed by atoms with E-state index in [0.717, 1.165) is 25.9 Å². The molecule has 0 saturated carbocycles. The summed E-state index contributed by atoms with van der Waals surface area (Å²) in [7, 11) is 0. The first-order valence-electron chi connectivity index (χ1n) is 7.09. The van der Waals surface area contributed by atoms with Gasteiger partial charge < -0.3 is 4.74 Å². The fraction of sp³-hybridized carbons (Fsp3) is 0.706. The molecule has 0 bridgehead atoms. The predicted octanol–water partition coefficient (Wildman–Crippen LogP) is 2.48. The van der Waals surface area contributed by atoms with Crippen molar-refractivity contribution in [2.24, 2.45) is 0 Å². The number of ether oxygens (including phenoxy) is 1. The van der Waals surface area contributed by atoms with Crippen LogP contribution in [0.4, 0.5) is 0 Å². The van der Waals surface area contributed by atoms with Crippen LogP contribution in [0, 0.1) is 6.92 Å². The van der Waals surface area contributed by atoms with Crippen LogP contribution < -0.4 is 18.9 Å². The van der Waals surface area contributed by atoms with Crippen LogP contribution in [-0.4, -0.2) is 12.2 Å². The minimum absolute atomic E-state index is 0. The number of rotatable bonds is 8. The van der Waals surface area contributed by atoms with Gasteiger partial charge in [-0.05, 0) is 53.4 Å². The van der Waals surface area contributed by atoms with Gasteiger partial charge in [-0.1, -0.05) is 18.1 Å². The molecular weight excluding hydrogens is 227 g/mol.